The Morgan fingerprint density at radius 2 is 2.50 bits per heavy atom. The molecule has 1 aromatic heterocycles. The van der Waals surface area contributed by atoms with Crippen molar-refractivity contribution in [3.05, 3.63) is 27.6 Å². The molecule has 0 N–H and O–H groups in total. The molecule has 0 aliphatic carbocycles. The van der Waals surface area contributed by atoms with Crippen LogP contribution in [0.2, 0.25) is 0 Å². The van der Waals surface area contributed by atoms with Crippen LogP contribution < -0.4 is 21.2 Å². The summed E-state index contributed by atoms with van der Waals surface area (Å²) >= 11 is 0.284. The molecule has 54 valence electrons. The molecule has 0 bridgehead atoms. The zero-order valence-corrected chi connectivity index (χ0v) is 7.84. The number of hydrogen-bond donors (Lipinski definition) is 0. The van der Waals surface area contributed by atoms with Crippen LogP contribution >= 0.6 is 0 Å². The molecule has 2 heteroatoms. The Labute approximate surface area is 71.1 Å². The Morgan fingerprint density at radius 3 is 3.40 bits per heavy atom. The quantitative estimate of drug-likeness (QED) is 0.302. The molecular weight excluding hydrogens is 237 g/mol. The van der Waals surface area contributed by atoms with Crippen molar-refractivity contribution >= 4 is 0 Å². The third-order valence-electron chi connectivity index (χ3n) is 1.64. The summed E-state index contributed by atoms with van der Waals surface area (Å²) in [5.41, 5.74) is 1.52. The summed E-state index contributed by atoms with van der Waals surface area (Å²) in [7, 11) is 0. The summed E-state index contributed by atoms with van der Waals surface area (Å²) in [6, 6.07) is 4.27. The van der Waals surface area contributed by atoms with Crippen LogP contribution in [0.15, 0.2) is 18.3 Å². The number of fused-ring (bicyclic) bond motifs is 1. The number of halogens is 1. The van der Waals surface area contributed by atoms with Crippen LogP contribution in [0.1, 0.15) is 12.0 Å². The second-order valence-corrected chi connectivity index (χ2v) is 5.24. The molecule has 1 nitrogen and oxygen atoms in total. The van der Waals surface area contributed by atoms with Crippen molar-refractivity contribution in [2.24, 2.45) is 0 Å². The standard InChI is InChI=1S/C8H9IN/c1-3-7-4-2-6-10-8(7)9-5-1/h2,4,6H,1,3,5H2/q-1. The Balaban J connectivity index is 2.41. The van der Waals surface area contributed by atoms with E-state index < -0.39 is 0 Å². The van der Waals surface area contributed by atoms with Gasteiger partial charge in [0.05, 0.1) is 0 Å². The SMILES string of the molecule is c1cnc2c(c1)CCC[I-]2. The molecule has 1 aliphatic rings. The number of pyridine rings is 1. The first-order valence-corrected chi connectivity index (χ1v) is 6.10. The van der Waals surface area contributed by atoms with Crippen molar-refractivity contribution in [2.75, 3.05) is 4.43 Å². The van der Waals surface area contributed by atoms with E-state index in [2.05, 4.69) is 11.1 Å². The van der Waals surface area contributed by atoms with E-state index in [0.717, 1.165) is 0 Å². The average molecular weight is 246 g/mol. The van der Waals surface area contributed by atoms with Gasteiger partial charge in [-0.1, -0.05) is 0 Å². The third-order valence-corrected chi connectivity index (χ3v) is 4.63. The maximum absolute atomic E-state index is 4.37. The maximum atomic E-state index is 4.37. The fourth-order valence-corrected chi connectivity index (χ4v) is 3.71. The number of rotatable bonds is 0. The van der Waals surface area contributed by atoms with Gasteiger partial charge in [0.2, 0.25) is 0 Å². The van der Waals surface area contributed by atoms with Gasteiger partial charge >= 0.3 is 71.1 Å². The number of aryl methyl sites for hydroxylation is 1. The van der Waals surface area contributed by atoms with Crippen LogP contribution in [0.4, 0.5) is 0 Å². The van der Waals surface area contributed by atoms with Gasteiger partial charge in [-0.2, -0.15) is 0 Å². The number of hydrogen-bond acceptors (Lipinski definition) is 1. The number of aromatic nitrogens is 1. The van der Waals surface area contributed by atoms with Crippen LogP contribution in [0, 0.1) is 3.70 Å². The van der Waals surface area contributed by atoms with Gasteiger partial charge in [0.15, 0.2) is 0 Å². The monoisotopic (exact) mass is 246 g/mol. The van der Waals surface area contributed by atoms with Gasteiger partial charge in [-0.05, 0) is 0 Å². The fourth-order valence-electron chi connectivity index (χ4n) is 1.14. The van der Waals surface area contributed by atoms with Crippen LogP contribution in [-0.2, 0) is 6.42 Å². The van der Waals surface area contributed by atoms with Gasteiger partial charge in [-0.25, -0.2) is 0 Å². The van der Waals surface area contributed by atoms with Gasteiger partial charge in [-0.3, -0.25) is 0 Å². The van der Waals surface area contributed by atoms with Crippen LogP contribution in [0.3, 0.4) is 0 Å². The molecule has 1 aliphatic heterocycles. The molecule has 0 unspecified atom stereocenters. The molecule has 10 heavy (non-hydrogen) atoms. The van der Waals surface area contributed by atoms with Crippen molar-refractivity contribution in [3.8, 4) is 0 Å². The second kappa shape index (κ2) is 2.86. The minimum absolute atomic E-state index is 0.284. The molecule has 2 heterocycles. The molecule has 0 radical (unpaired) electrons. The average Bonchev–Trinajstić information content (AvgIpc) is 2.05. The summed E-state index contributed by atoms with van der Waals surface area (Å²) in [6.07, 6.45) is 4.58. The zero-order valence-electron chi connectivity index (χ0n) is 5.68. The fraction of sp³-hybridized carbons (Fsp3) is 0.375. The van der Waals surface area contributed by atoms with E-state index in [1.54, 1.807) is 0 Å². The first-order chi connectivity index (χ1) is 4.97. The summed E-state index contributed by atoms with van der Waals surface area (Å²) in [6.45, 7) is 0. The van der Waals surface area contributed by atoms with Crippen molar-refractivity contribution in [1.29, 1.82) is 0 Å². The van der Waals surface area contributed by atoms with Gasteiger partial charge in [0.1, 0.15) is 0 Å². The molecule has 2 rings (SSSR count). The summed E-state index contributed by atoms with van der Waals surface area (Å²) in [4.78, 5) is 4.37. The summed E-state index contributed by atoms with van der Waals surface area (Å²) in [5, 5.41) is 0. The van der Waals surface area contributed by atoms with E-state index in [4.69, 9.17) is 0 Å². The Hall–Kier alpha value is -0.120. The van der Waals surface area contributed by atoms with Gasteiger partial charge in [0.25, 0.3) is 0 Å². The first-order valence-electron chi connectivity index (χ1n) is 3.50. The second-order valence-electron chi connectivity index (χ2n) is 2.38. The molecular formula is C8H9IN-. The van der Waals surface area contributed by atoms with Gasteiger partial charge in [-0.15, -0.1) is 0 Å². The molecule has 0 atom stereocenters. The first kappa shape index (κ1) is 6.58. The molecule has 0 saturated heterocycles. The van der Waals surface area contributed by atoms with Crippen LogP contribution in [0.25, 0.3) is 0 Å². The van der Waals surface area contributed by atoms with E-state index in [9.17, 15) is 0 Å². The van der Waals surface area contributed by atoms with Crippen molar-refractivity contribution in [1.82, 2.24) is 4.98 Å². The molecule has 0 amide bonds. The zero-order chi connectivity index (χ0) is 6.81. The van der Waals surface area contributed by atoms with E-state index >= 15 is 0 Å². The van der Waals surface area contributed by atoms with E-state index in [1.807, 2.05) is 12.3 Å². The number of alkyl halides is 1. The topological polar surface area (TPSA) is 12.9 Å². The normalized spacial score (nSPS) is 17.2. The summed E-state index contributed by atoms with van der Waals surface area (Å²) < 4.78 is 2.87. The van der Waals surface area contributed by atoms with Gasteiger partial charge < -0.3 is 0 Å². The van der Waals surface area contributed by atoms with Crippen molar-refractivity contribution < 1.29 is 21.2 Å². The molecule has 0 saturated carbocycles. The minimum atomic E-state index is 0.284. The van der Waals surface area contributed by atoms with Gasteiger partial charge in [0, 0.05) is 0 Å². The van der Waals surface area contributed by atoms with Crippen molar-refractivity contribution in [3.63, 3.8) is 0 Å². The molecule has 0 aromatic carbocycles. The third kappa shape index (κ3) is 1.17. The Bertz CT molecular complexity index is 209. The predicted octanol–water partition coefficient (Wildman–Crippen LogP) is -1.71. The van der Waals surface area contributed by atoms with E-state index in [-0.39, 0.29) is 21.2 Å². The van der Waals surface area contributed by atoms with E-state index in [1.165, 1.54) is 26.5 Å². The molecule has 1 aromatic rings. The van der Waals surface area contributed by atoms with E-state index in [0.29, 0.717) is 0 Å². The predicted molar refractivity (Wildman–Crippen MR) is 36.1 cm³/mol. The van der Waals surface area contributed by atoms with Crippen LogP contribution in [-0.4, -0.2) is 9.41 Å². The van der Waals surface area contributed by atoms with Crippen LogP contribution in [0.5, 0.6) is 0 Å². The summed E-state index contributed by atoms with van der Waals surface area (Å²) in [5.74, 6) is 0. The Morgan fingerprint density at radius 1 is 1.50 bits per heavy atom. The Kier molecular flexibility index (Phi) is 1.88. The number of nitrogens with zero attached hydrogens (tertiary/aromatic N) is 1. The van der Waals surface area contributed by atoms with Crippen molar-refractivity contribution in [2.45, 2.75) is 12.8 Å². The molecule has 0 fully saturated rings. The molecule has 0 spiro atoms.